The zero-order valence-corrected chi connectivity index (χ0v) is 17.0. The Hall–Kier alpha value is -2.85. The zero-order valence-electron chi connectivity index (χ0n) is 14.6. The van der Waals surface area contributed by atoms with Gasteiger partial charge in [-0.1, -0.05) is 0 Å². The van der Waals surface area contributed by atoms with Crippen molar-refractivity contribution in [2.45, 2.75) is 11.3 Å². The number of fused-ring (bicyclic) bond motifs is 3. The molecule has 0 saturated heterocycles. The Bertz CT molecular complexity index is 1240. The number of rotatable bonds is 4. The Balaban J connectivity index is 1.84. The summed E-state index contributed by atoms with van der Waals surface area (Å²) in [5, 5.41) is 9.77. The molecule has 2 N–H and O–H groups in total. The molecular formula is C19H13BrFNO6S. The van der Waals surface area contributed by atoms with Gasteiger partial charge in [0, 0.05) is 22.0 Å². The SMILES string of the molecule is O=C(O)c1c(NS(=O)(=O)c2ccc(F)cc2Br)ccc2c1OCCc1occc1-2. The van der Waals surface area contributed by atoms with Crippen LogP contribution in [0, 0.1) is 5.82 Å². The standard InChI is InChI=1S/C19H13BrFNO6S/c20-13-9-10(21)1-4-16(13)29(25,26)22-14-3-2-12-11-5-7-27-15(11)6-8-28-18(12)17(14)19(23)24/h1-5,7,9,22H,6,8H2,(H,23,24). The minimum Gasteiger partial charge on any atom is -0.491 e. The van der Waals surface area contributed by atoms with Crippen LogP contribution in [0.1, 0.15) is 16.1 Å². The highest BCUT2D eigenvalue weighted by Crippen LogP contribution is 2.42. The van der Waals surface area contributed by atoms with Crippen molar-refractivity contribution in [3.63, 3.8) is 0 Å². The van der Waals surface area contributed by atoms with E-state index in [1.165, 1.54) is 12.3 Å². The molecule has 0 bridgehead atoms. The molecule has 150 valence electrons. The third kappa shape index (κ3) is 3.49. The molecule has 0 amide bonds. The van der Waals surface area contributed by atoms with Gasteiger partial charge in [-0.15, -0.1) is 0 Å². The number of nitrogens with one attached hydrogen (secondary N) is 1. The Labute approximate surface area is 173 Å². The first-order chi connectivity index (χ1) is 13.8. The number of hydrogen-bond donors (Lipinski definition) is 2. The van der Waals surface area contributed by atoms with E-state index in [0.29, 0.717) is 23.3 Å². The van der Waals surface area contributed by atoms with Crippen LogP contribution in [0.15, 0.2) is 56.4 Å². The van der Waals surface area contributed by atoms with Crippen LogP contribution in [0.5, 0.6) is 5.75 Å². The summed E-state index contributed by atoms with van der Waals surface area (Å²) in [5.41, 5.74) is 0.697. The van der Waals surface area contributed by atoms with E-state index in [1.54, 1.807) is 12.1 Å². The Morgan fingerprint density at radius 2 is 1.97 bits per heavy atom. The van der Waals surface area contributed by atoms with E-state index in [4.69, 9.17) is 9.15 Å². The van der Waals surface area contributed by atoms with Crippen molar-refractivity contribution >= 4 is 37.6 Å². The third-order valence-electron chi connectivity index (χ3n) is 4.41. The molecule has 2 aromatic carbocycles. The number of carbonyl (C=O) groups is 1. The van der Waals surface area contributed by atoms with Gasteiger partial charge in [0.05, 0.1) is 18.6 Å². The first-order valence-corrected chi connectivity index (χ1v) is 10.6. The van der Waals surface area contributed by atoms with Crippen LogP contribution in [0.4, 0.5) is 10.1 Å². The Morgan fingerprint density at radius 1 is 1.17 bits per heavy atom. The lowest BCUT2D eigenvalue weighted by Crippen LogP contribution is -2.17. The molecule has 4 rings (SSSR count). The minimum atomic E-state index is -4.20. The highest BCUT2D eigenvalue weighted by atomic mass is 79.9. The van der Waals surface area contributed by atoms with Gasteiger partial charge in [-0.25, -0.2) is 17.6 Å². The lowest BCUT2D eigenvalue weighted by Gasteiger charge is -2.16. The predicted octanol–water partition coefficient (Wildman–Crippen LogP) is 4.28. The number of aromatic carboxylic acids is 1. The minimum absolute atomic E-state index is 0.0101. The van der Waals surface area contributed by atoms with E-state index < -0.39 is 21.8 Å². The van der Waals surface area contributed by atoms with Gasteiger partial charge >= 0.3 is 5.97 Å². The lowest BCUT2D eigenvalue weighted by molar-refractivity contribution is 0.0693. The molecule has 0 saturated carbocycles. The number of benzene rings is 2. The molecule has 0 unspecified atom stereocenters. The topological polar surface area (TPSA) is 106 Å². The van der Waals surface area contributed by atoms with Crippen molar-refractivity contribution in [2.24, 2.45) is 0 Å². The quantitative estimate of drug-likeness (QED) is 0.575. The number of halogens is 2. The fourth-order valence-electron chi connectivity index (χ4n) is 3.15. The highest BCUT2D eigenvalue weighted by molar-refractivity contribution is 9.10. The Kier molecular flexibility index (Phi) is 4.83. The molecule has 0 radical (unpaired) electrons. The predicted molar refractivity (Wildman–Crippen MR) is 105 cm³/mol. The molecule has 1 aliphatic rings. The summed E-state index contributed by atoms with van der Waals surface area (Å²) in [7, 11) is -4.20. The first-order valence-electron chi connectivity index (χ1n) is 8.35. The molecular weight excluding hydrogens is 469 g/mol. The van der Waals surface area contributed by atoms with Crippen LogP contribution >= 0.6 is 15.9 Å². The van der Waals surface area contributed by atoms with E-state index in [9.17, 15) is 22.7 Å². The summed E-state index contributed by atoms with van der Waals surface area (Å²) in [6, 6.07) is 7.71. The molecule has 1 aromatic heterocycles. The normalized spacial score (nSPS) is 13.0. The van der Waals surface area contributed by atoms with Crippen LogP contribution in [0.3, 0.4) is 0 Å². The summed E-state index contributed by atoms with van der Waals surface area (Å²) in [5.74, 6) is -1.26. The van der Waals surface area contributed by atoms with Crippen molar-refractivity contribution in [2.75, 3.05) is 11.3 Å². The van der Waals surface area contributed by atoms with Crippen molar-refractivity contribution in [3.8, 4) is 16.9 Å². The summed E-state index contributed by atoms with van der Waals surface area (Å²) >= 11 is 3.02. The van der Waals surface area contributed by atoms with E-state index in [1.807, 2.05) is 0 Å². The molecule has 0 aliphatic carbocycles. The van der Waals surface area contributed by atoms with Gasteiger partial charge in [0.1, 0.15) is 27.8 Å². The first kappa shape index (κ1) is 19.5. The zero-order chi connectivity index (χ0) is 20.8. The van der Waals surface area contributed by atoms with Gasteiger partial charge in [0.25, 0.3) is 10.0 Å². The molecule has 29 heavy (non-hydrogen) atoms. The number of sulfonamides is 1. The van der Waals surface area contributed by atoms with Crippen molar-refractivity contribution in [1.82, 2.24) is 0 Å². The number of carboxylic acids is 1. The summed E-state index contributed by atoms with van der Waals surface area (Å²) < 4.78 is 52.2. The third-order valence-corrected chi connectivity index (χ3v) is 6.75. The molecule has 1 aliphatic heterocycles. The number of hydrogen-bond acceptors (Lipinski definition) is 5. The lowest BCUT2D eigenvalue weighted by atomic mass is 10.0. The van der Waals surface area contributed by atoms with Crippen LogP contribution in [-0.2, 0) is 16.4 Å². The highest BCUT2D eigenvalue weighted by Gasteiger charge is 2.28. The fourth-order valence-corrected chi connectivity index (χ4v) is 5.28. The second-order valence-electron chi connectivity index (χ2n) is 6.21. The smallest absolute Gasteiger partial charge is 0.341 e. The van der Waals surface area contributed by atoms with Crippen LogP contribution < -0.4 is 9.46 Å². The molecule has 0 fully saturated rings. The van der Waals surface area contributed by atoms with Gasteiger partial charge < -0.3 is 14.3 Å². The van der Waals surface area contributed by atoms with E-state index in [0.717, 1.165) is 18.2 Å². The largest absolute Gasteiger partial charge is 0.491 e. The maximum absolute atomic E-state index is 13.3. The monoisotopic (exact) mass is 481 g/mol. The maximum Gasteiger partial charge on any atom is 0.341 e. The van der Waals surface area contributed by atoms with Crippen molar-refractivity contribution in [1.29, 1.82) is 0 Å². The van der Waals surface area contributed by atoms with E-state index >= 15 is 0 Å². The van der Waals surface area contributed by atoms with Crippen LogP contribution in [-0.4, -0.2) is 26.1 Å². The van der Waals surface area contributed by atoms with E-state index in [-0.39, 0.29) is 33.0 Å². The molecule has 0 atom stereocenters. The maximum atomic E-state index is 13.3. The van der Waals surface area contributed by atoms with E-state index in [2.05, 4.69) is 20.7 Å². The summed E-state index contributed by atoms with van der Waals surface area (Å²) in [6.07, 6.45) is 1.95. The van der Waals surface area contributed by atoms with Crippen LogP contribution in [0.25, 0.3) is 11.1 Å². The molecule has 2 heterocycles. The van der Waals surface area contributed by atoms with Gasteiger partial charge in [0.15, 0.2) is 0 Å². The molecule has 10 heteroatoms. The average Bonchev–Trinajstić information content (AvgIpc) is 3.02. The number of carboxylic acid groups (broad SMARTS) is 1. The summed E-state index contributed by atoms with van der Waals surface area (Å²) in [6.45, 7) is 0.174. The van der Waals surface area contributed by atoms with Gasteiger partial charge in [-0.2, -0.15) is 0 Å². The van der Waals surface area contributed by atoms with Crippen LogP contribution in [0.2, 0.25) is 0 Å². The van der Waals surface area contributed by atoms with Crippen molar-refractivity contribution in [3.05, 3.63) is 64.3 Å². The molecule has 3 aromatic rings. The number of furan rings is 1. The second-order valence-corrected chi connectivity index (χ2v) is 8.71. The van der Waals surface area contributed by atoms with Gasteiger partial charge in [-0.05, 0) is 52.3 Å². The average molecular weight is 482 g/mol. The summed E-state index contributed by atoms with van der Waals surface area (Å²) in [4.78, 5) is 11.8. The molecule has 7 nitrogen and oxygen atoms in total. The van der Waals surface area contributed by atoms with Crippen molar-refractivity contribution < 1.29 is 31.9 Å². The van der Waals surface area contributed by atoms with Gasteiger partial charge in [-0.3, -0.25) is 4.72 Å². The number of ether oxygens (including phenoxy) is 1. The molecule has 0 spiro atoms. The fraction of sp³-hybridized carbons (Fsp3) is 0.105. The second kappa shape index (κ2) is 7.20. The Morgan fingerprint density at radius 3 is 2.69 bits per heavy atom. The number of anilines is 1. The van der Waals surface area contributed by atoms with Gasteiger partial charge in [0.2, 0.25) is 0 Å².